The number of hydrogen-bond donors (Lipinski definition) is 2. The number of hydrogen-bond acceptors (Lipinski definition) is 3. The van der Waals surface area contributed by atoms with Gasteiger partial charge in [0.1, 0.15) is 0 Å². The third-order valence-electron chi connectivity index (χ3n) is 4.21. The molecule has 0 aliphatic carbocycles. The molecule has 0 aromatic heterocycles. The van der Waals surface area contributed by atoms with Gasteiger partial charge in [-0.05, 0) is 46.7 Å². The summed E-state index contributed by atoms with van der Waals surface area (Å²) < 4.78 is 0. The highest BCUT2D eigenvalue weighted by Gasteiger charge is 2.27. The minimum Gasteiger partial charge on any atom is -0.355 e. The average Bonchev–Trinajstić information content (AvgIpc) is 2.37. The summed E-state index contributed by atoms with van der Waals surface area (Å²) >= 11 is 0. The fourth-order valence-electron chi connectivity index (χ4n) is 2.42. The van der Waals surface area contributed by atoms with Crippen LogP contribution in [0.4, 0.5) is 0 Å². The van der Waals surface area contributed by atoms with E-state index in [9.17, 15) is 4.79 Å². The first-order valence-corrected chi connectivity index (χ1v) is 7.27. The molecule has 18 heavy (non-hydrogen) atoms. The van der Waals surface area contributed by atoms with Crippen LogP contribution in [0.25, 0.3) is 0 Å². The maximum absolute atomic E-state index is 12.1. The van der Waals surface area contributed by atoms with Crippen molar-refractivity contribution in [2.45, 2.75) is 52.1 Å². The highest BCUT2D eigenvalue weighted by molar-refractivity contribution is 5.79. The SMILES string of the molecule is CCC(C)N(C)CCNC(=O)C1CCCNC1C. The Kier molecular flexibility index (Phi) is 6.65. The van der Waals surface area contributed by atoms with Crippen molar-refractivity contribution in [1.29, 1.82) is 0 Å². The zero-order valence-corrected chi connectivity index (χ0v) is 12.3. The van der Waals surface area contributed by atoms with Crippen molar-refractivity contribution in [3.8, 4) is 0 Å². The summed E-state index contributed by atoms with van der Waals surface area (Å²) in [6.07, 6.45) is 3.27. The number of carbonyl (C=O) groups is 1. The molecule has 4 heteroatoms. The Labute approximate surface area is 111 Å². The Morgan fingerprint density at radius 1 is 1.56 bits per heavy atom. The van der Waals surface area contributed by atoms with Crippen LogP contribution in [-0.4, -0.2) is 49.6 Å². The second-order valence-electron chi connectivity index (χ2n) is 5.52. The Balaban J connectivity index is 2.24. The van der Waals surface area contributed by atoms with Crippen molar-refractivity contribution in [3.05, 3.63) is 0 Å². The number of piperidine rings is 1. The van der Waals surface area contributed by atoms with Crippen molar-refractivity contribution >= 4 is 5.91 Å². The summed E-state index contributed by atoms with van der Waals surface area (Å²) in [4.78, 5) is 14.4. The third kappa shape index (κ3) is 4.58. The number of likely N-dealkylation sites (N-methyl/N-ethyl adjacent to an activating group) is 1. The molecule has 4 nitrogen and oxygen atoms in total. The second kappa shape index (κ2) is 7.74. The molecular formula is C14H29N3O. The van der Waals surface area contributed by atoms with E-state index in [1.165, 1.54) is 0 Å². The molecule has 0 bridgehead atoms. The molecule has 106 valence electrons. The van der Waals surface area contributed by atoms with Gasteiger partial charge in [-0.3, -0.25) is 4.79 Å². The van der Waals surface area contributed by atoms with Crippen molar-refractivity contribution in [2.75, 3.05) is 26.7 Å². The molecule has 1 rings (SSSR count). The Hall–Kier alpha value is -0.610. The summed E-state index contributed by atoms with van der Waals surface area (Å²) in [6.45, 7) is 9.23. The number of nitrogens with one attached hydrogen (secondary N) is 2. The molecule has 2 N–H and O–H groups in total. The van der Waals surface area contributed by atoms with E-state index >= 15 is 0 Å². The van der Waals surface area contributed by atoms with Gasteiger partial charge in [0.05, 0.1) is 5.92 Å². The van der Waals surface area contributed by atoms with Crippen LogP contribution in [0.1, 0.15) is 40.0 Å². The molecule has 0 saturated carbocycles. The molecule has 0 aromatic carbocycles. The van der Waals surface area contributed by atoms with Gasteiger partial charge in [-0.25, -0.2) is 0 Å². The predicted molar refractivity (Wildman–Crippen MR) is 75.6 cm³/mol. The number of amides is 1. The molecule has 3 atom stereocenters. The zero-order chi connectivity index (χ0) is 13.5. The van der Waals surface area contributed by atoms with Crippen molar-refractivity contribution in [3.63, 3.8) is 0 Å². The van der Waals surface area contributed by atoms with Crippen LogP contribution in [0.15, 0.2) is 0 Å². The van der Waals surface area contributed by atoms with Gasteiger partial charge in [0.2, 0.25) is 5.91 Å². The number of rotatable bonds is 6. The number of nitrogens with zero attached hydrogens (tertiary/aromatic N) is 1. The van der Waals surface area contributed by atoms with Crippen LogP contribution >= 0.6 is 0 Å². The minimum absolute atomic E-state index is 0.146. The lowest BCUT2D eigenvalue weighted by Crippen LogP contribution is -2.48. The van der Waals surface area contributed by atoms with Crippen LogP contribution in [0.5, 0.6) is 0 Å². The smallest absolute Gasteiger partial charge is 0.224 e. The van der Waals surface area contributed by atoms with Gasteiger partial charge < -0.3 is 15.5 Å². The first kappa shape index (κ1) is 15.4. The van der Waals surface area contributed by atoms with Crippen molar-refractivity contribution in [2.24, 2.45) is 5.92 Å². The van der Waals surface area contributed by atoms with Gasteiger partial charge in [-0.1, -0.05) is 6.92 Å². The molecule has 0 spiro atoms. The molecule has 3 unspecified atom stereocenters. The van der Waals surface area contributed by atoms with Gasteiger partial charge in [-0.15, -0.1) is 0 Å². The van der Waals surface area contributed by atoms with Gasteiger partial charge in [-0.2, -0.15) is 0 Å². The Morgan fingerprint density at radius 2 is 2.28 bits per heavy atom. The van der Waals surface area contributed by atoms with Crippen LogP contribution in [-0.2, 0) is 4.79 Å². The molecular weight excluding hydrogens is 226 g/mol. The minimum atomic E-state index is 0.146. The van der Waals surface area contributed by atoms with E-state index in [0.29, 0.717) is 12.1 Å². The van der Waals surface area contributed by atoms with E-state index in [0.717, 1.165) is 38.9 Å². The molecule has 1 amide bonds. The standard InChI is InChI=1S/C14H29N3O/c1-5-11(2)17(4)10-9-16-14(18)13-7-6-8-15-12(13)3/h11-13,15H,5-10H2,1-4H3,(H,16,18). The highest BCUT2D eigenvalue weighted by atomic mass is 16.1. The van der Waals surface area contributed by atoms with Crippen molar-refractivity contribution < 1.29 is 4.79 Å². The van der Waals surface area contributed by atoms with Crippen LogP contribution in [0.3, 0.4) is 0 Å². The van der Waals surface area contributed by atoms with E-state index < -0.39 is 0 Å². The largest absolute Gasteiger partial charge is 0.355 e. The third-order valence-corrected chi connectivity index (χ3v) is 4.21. The molecule has 0 aromatic rings. The monoisotopic (exact) mass is 255 g/mol. The first-order valence-electron chi connectivity index (χ1n) is 7.27. The summed E-state index contributed by atoms with van der Waals surface area (Å²) in [5.41, 5.74) is 0. The lowest BCUT2D eigenvalue weighted by atomic mass is 9.91. The normalized spacial score (nSPS) is 26.1. The topological polar surface area (TPSA) is 44.4 Å². The van der Waals surface area contributed by atoms with E-state index in [2.05, 4.69) is 43.4 Å². The van der Waals surface area contributed by atoms with E-state index in [-0.39, 0.29) is 11.8 Å². The molecule has 1 fully saturated rings. The van der Waals surface area contributed by atoms with Gasteiger partial charge in [0.15, 0.2) is 0 Å². The molecule has 1 aliphatic rings. The van der Waals surface area contributed by atoms with Crippen LogP contribution in [0, 0.1) is 5.92 Å². The van der Waals surface area contributed by atoms with E-state index in [1.54, 1.807) is 0 Å². The summed E-state index contributed by atoms with van der Waals surface area (Å²) in [5.74, 6) is 0.361. The van der Waals surface area contributed by atoms with Crippen molar-refractivity contribution in [1.82, 2.24) is 15.5 Å². The van der Waals surface area contributed by atoms with Crippen LogP contribution in [0.2, 0.25) is 0 Å². The second-order valence-corrected chi connectivity index (χ2v) is 5.52. The molecule has 0 radical (unpaired) electrons. The van der Waals surface area contributed by atoms with Crippen LogP contribution < -0.4 is 10.6 Å². The Morgan fingerprint density at radius 3 is 2.89 bits per heavy atom. The fourth-order valence-corrected chi connectivity index (χ4v) is 2.42. The summed E-state index contributed by atoms with van der Waals surface area (Å²) in [5, 5.41) is 6.44. The Bertz CT molecular complexity index is 257. The number of carbonyl (C=O) groups excluding carboxylic acids is 1. The first-order chi connectivity index (χ1) is 8.56. The maximum atomic E-state index is 12.1. The predicted octanol–water partition coefficient (Wildman–Crippen LogP) is 1.22. The molecule has 1 heterocycles. The van der Waals surface area contributed by atoms with Gasteiger partial charge >= 0.3 is 0 Å². The summed E-state index contributed by atoms with van der Waals surface area (Å²) in [6, 6.07) is 0.892. The zero-order valence-electron chi connectivity index (χ0n) is 12.3. The quantitative estimate of drug-likeness (QED) is 0.750. The fraction of sp³-hybridized carbons (Fsp3) is 0.929. The summed E-state index contributed by atoms with van der Waals surface area (Å²) in [7, 11) is 2.12. The molecule has 1 saturated heterocycles. The average molecular weight is 255 g/mol. The van der Waals surface area contributed by atoms with Gasteiger partial charge in [0.25, 0.3) is 0 Å². The van der Waals surface area contributed by atoms with E-state index in [4.69, 9.17) is 0 Å². The molecule has 1 aliphatic heterocycles. The van der Waals surface area contributed by atoms with Gasteiger partial charge in [0, 0.05) is 25.2 Å². The lowest BCUT2D eigenvalue weighted by molar-refractivity contribution is -0.126. The van der Waals surface area contributed by atoms with E-state index in [1.807, 2.05) is 0 Å². The highest BCUT2D eigenvalue weighted by Crippen LogP contribution is 2.16. The maximum Gasteiger partial charge on any atom is 0.224 e. The lowest BCUT2D eigenvalue weighted by Gasteiger charge is -2.29.